The van der Waals surface area contributed by atoms with Crippen molar-refractivity contribution >= 4 is 27.5 Å². The predicted octanol–water partition coefficient (Wildman–Crippen LogP) is 4.24. The van der Waals surface area contributed by atoms with Crippen LogP contribution in [-0.2, 0) is 26.2 Å². The molecule has 0 heterocycles. The lowest BCUT2D eigenvalue weighted by Gasteiger charge is -2.33. The summed E-state index contributed by atoms with van der Waals surface area (Å²) in [6, 6.07) is 18.7. The molecule has 0 saturated heterocycles. The monoisotopic (exact) mass is 597 g/mol. The van der Waals surface area contributed by atoms with Crippen molar-refractivity contribution in [1.82, 2.24) is 10.2 Å². The normalized spacial score (nSPS) is 12.2. The van der Waals surface area contributed by atoms with Gasteiger partial charge in [0.2, 0.25) is 11.8 Å². The molecule has 1 atom stereocenters. The first-order valence-electron chi connectivity index (χ1n) is 13.3. The molecule has 3 rings (SSSR count). The first kappa shape index (κ1) is 32.3. The summed E-state index contributed by atoms with van der Waals surface area (Å²) >= 11 is 0. The van der Waals surface area contributed by atoms with E-state index in [9.17, 15) is 18.0 Å². The Morgan fingerprint density at radius 2 is 1.52 bits per heavy atom. The minimum atomic E-state index is -4.22. The molecule has 1 unspecified atom stereocenters. The van der Waals surface area contributed by atoms with Crippen LogP contribution in [0.3, 0.4) is 0 Å². The number of carbonyl (C=O) groups excluding carboxylic acids is 2. The first-order chi connectivity index (χ1) is 19.8. The second-order valence-electron chi connectivity index (χ2n) is 10.7. The topological polar surface area (TPSA) is 114 Å². The Kier molecular flexibility index (Phi) is 10.5. The van der Waals surface area contributed by atoms with Crippen molar-refractivity contribution in [2.24, 2.45) is 0 Å². The van der Waals surface area contributed by atoms with E-state index < -0.39 is 34.1 Å². The van der Waals surface area contributed by atoms with Crippen molar-refractivity contribution < 1.29 is 32.2 Å². The number of methoxy groups -OCH3 is 3. The summed E-state index contributed by atoms with van der Waals surface area (Å²) in [7, 11) is 0.233. The Morgan fingerprint density at radius 1 is 0.857 bits per heavy atom. The van der Waals surface area contributed by atoms with Crippen molar-refractivity contribution in [3.05, 3.63) is 78.4 Å². The molecule has 3 aromatic carbocycles. The smallest absolute Gasteiger partial charge is 0.264 e. The fourth-order valence-electron chi connectivity index (χ4n) is 4.25. The third-order valence-corrected chi connectivity index (χ3v) is 8.21. The summed E-state index contributed by atoms with van der Waals surface area (Å²) in [5.74, 6) is 0.329. The van der Waals surface area contributed by atoms with E-state index >= 15 is 0 Å². The highest BCUT2D eigenvalue weighted by Crippen LogP contribution is 2.34. The molecule has 0 spiro atoms. The van der Waals surface area contributed by atoms with Crippen LogP contribution in [-0.4, -0.2) is 64.6 Å². The molecule has 1 N–H and O–H groups in total. The summed E-state index contributed by atoms with van der Waals surface area (Å²) in [6.07, 6.45) is 0. The zero-order valence-electron chi connectivity index (χ0n) is 25.1. The molecule has 226 valence electrons. The van der Waals surface area contributed by atoms with Gasteiger partial charge in [-0.2, -0.15) is 0 Å². The van der Waals surface area contributed by atoms with Gasteiger partial charge in [-0.25, -0.2) is 8.42 Å². The molecule has 0 saturated carbocycles. The zero-order chi connectivity index (χ0) is 31.1. The number of anilines is 1. The first-order valence-corrected chi connectivity index (χ1v) is 14.8. The number of ether oxygens (including phenoxy) is 3. The number of hydrogen-bond donors (Lipinski definition) is 1. The maximum Gasteiger partial charge on any atom is 0.264 e. The Labute approximate surface area is 248 Å². The average Bonchev–Trinajstić information content (AvgIpc) is 2.97. The number of nitrogens with one attached hydrogen (secondary N) is 1. The molecule has 0 fully saturated rings. The quantitative estimate of drug-likeness (QED) is 0.332. The van der Waals surface area contributed by atoms with Gasteiger partial charge in [0.05, 0.1) is 31.9 Å². The minimum absolute atomic E-state index is 0.00505. The van der Waals surface area contributed by atoms with Crippen molar-refractivity contribution in [3.63, 3.8) is 0 Å². The largest absolute Gasteiger partial charge is 0.497 e. The number of hydrogen-bond acceptors (Lipinski definition) is 7. The molecule has 0 aromatic heterocycles. The number of amides is 2. The summed E-state index contributed by atoms with van der Waals surface area (Å²) < 4.78 is 45.0. The molecule has 2 amide bonds. The highest BCUT2D eigenvalue weighted by Gasteiger charge is 2.33. The summed E-state index contributed by atoms with van der Waals surface area (Å²) in [4.78, 5) is 28.7. The highest BCUT2D eigenvalue weighted by atomic mass is 32.2. The second-order valence-corrected chi connectivity index (χ2v) is 12.5. The van der Waals surface area contributed by atoms with Crippen molar-refractivity contribution in [2.75, 3.05) is 32.2 Å². The Hall–Kier alpha value is -4.25. The van der Waals surface area contributed by atoms with Gasteiger partial charge in [-0.3, -0.25) is 13.9 Å². The zero-order valence-corrected chi connectivity index (χ0v) is 25.9. The average molecular weight is 598 g/mol. The fourth-order valence-corrected chi connectivity index (χ4v) is 5.68. The number of nitrogens with zero attached hydrogens (tertiary/aromatic N) is 2. The third-order valence-electron chi connectivity index (χ3n) is 6.42. The SMILES string of the molecule is COc1cccc(CN(C(=O)CN(c2ccc(OC)c(OC)c2)S(=O)(=O)c2ccccc2)C(C)C(=O)NC(C)(C)C)c1. The van der Waals surface area contributed by atoms with Gasteiger partial charge in [0, 0.05) is 18.2 Å². The summed E-state index contributed by atoms with van der Waals surface area (Å²) in [5.41, 5.74) is 0.359. The van der Waals surface area contributed by atoms with Crippen molar-refractivity contribution in [2.45, 2.75) is 50.7 Å². The Morgan fingerprint density at radius 3 is 2.12 bits per heavy atom. The molecule has 0 aliphatic carbocycles. The van der Waals surface area contributed by atoms with Crippen LogP contribution in [0.25, 0.3) is 0 Å². The van der Waals surface area contributed by atoms with E-state index in [0.717, 1.165) is 4.31 Å². The standard InChI is InChI=1S/C31H39N3O7S/c1-22(30(36)32-31(2,3)4)33(20-23-12-11-13-25(18-23)39-5)29(35)21-34(42(37,38)26-14-9-8-10-15-26)24-16-17-27(40-6)28(19-24)41-7/h8-19,22H,20-21H2,1-7H3,(H,32,36). The molecule has 0 aliphatic rings. The molecule has 11 heteroatoms. The van der Waals surface area contributed by atoms with E-state index in [-0.39, 0.29) is 23.0 Å². The van der Waals surface area contributed by atoms with Crippen molar-refractivity contribution in [1.29, 1.82) is 0 Å². The van der Waals surface area contributed by atoms with Gasteiger partial charge in [-0.15, -0.1) is 0 Å². The van der Waals surface area contributed by atoms with Gasteiger partial charge < -0.3 is 24.4 Å². The van der Waals surface area contributed by atoms with Gasteiger partial charge in [0.15, 0.2) is 11.5 Å². The maximum atomic E-state index is 14.1. The van der Waals surface area contributed by atoms with E-state index in [1.807, 2.05) is 26.8 Å². The summed E-state index contributed by atoms with van der Waals surface area (Å²) in [6.45, 7) is 6.61. The van der Waals surface area contributed by atoms with Crippen LogP contribution >= 0.6 is 0 Å². The van der Waals surface area contributed by atoms with Gasteiger partial charge >= 0.3 is 0 Å². The van der Waals surface area contributed by atoms with E-state index in [4.69, 9.17) is 14.2 Å². The molecule has 0 bridgehead atoms. The van der Waals surface area contributed by atoms with Crippen LogP contribution in [0.2, 0.25) is 0 Å². The lowest BCUT2D eigenvalue weighted by molar-refractivity contribution is -0.140. The minimum Gasteiger partial charge on any atom is -0.497 e. The molecule has 3 aromatic rings. The highest BCUT2D eigenvalue weighted by molar-refractivity contribution is 7.92. The van der Waals surface area contributed by atoms with Crippen LogP contribution in [0.5, 0.6) is 17.2 Å². The lowest BCUT2D eigenvalue weighted by Crippen LogP contribution is -2.54. The molecular formula is C31H39N3O7S. The van der Waals surface area contributed by atoms with E-state index in [2.05, 4.69) is 5.32 Å². The van der Waals surface area contributed by atoms with E-state index in [1.165, 1.54) is 50.5 Å². The van der Waals surface area contributed by atoms with Crippen LogP contribution < -0.4 is 23.8 Å². The number of sulfonamides is 1. The number of rotatable bonds is 12. The Bertz CT molecular complexity index is 1490. The molecule has 42 heavy (non-hydrogen) atoms. The van der Waals surface area contributed by atoms with Crippen LogP contribution in [0, 0.1) is 0 Å². The van der Waals surface area contributed by atoms with Crippen LogP contribution in [0.15, 0.2) is 77.7 Å². The Balaban J connectivity index is 2.09. The molecule has 0 radical (unpaired) electrons. The van der Waals surface area contributed by atoms with E-state index in [1.54, 1.807) is 49.4 Å². The second kappa shape index (κ2) is 13.6. The number of benzene rings is 3. The number of carbonyl (C=O) groups is 2. The molecule has 10 nitrogen and oxygen atoms in total. The van der Waals surface area contributed by atoms with Gasteiger partial charge in [-0.1, -0.05) is 30.3 Å². The predicted molar refractivity (Wildman–Crippen MR) is 161 cm³/mol. The maximum absolute atomic E-state index is 14.1. The van der Waals surface area contributed by atoms with Gasteiger partial charge in [-0.05, 0) is 69.7 Å². The van der Waals surface area contributed by atoms with E-state index in [0.29, 0.717) is 22.8 Å². The van der Waals surface area contributed by atoms with Gasteiger partial charge in [0.25, 0.3) is 10.0 Å². The third kappa shape index (κ3) is 7.94. The summed E-state index contributed by atoms with van der Waals surface area (Å²) in [5, 5.41) is 2.91. The fraction of sp³-hybridized carbons (Fsp3) is 0.355. The van der Waals surface area contributed by atoms with Crippen LogP contribution in [0.1, 0.15) is 33.3 Å². The molecule has 0 aliphatic heterocycles. The van der Waals surface area contributed by atoms with Gasteiger partial charge in [0.1, 0.15) is 18.3 Å². The van der Waals surface area contributed by atoms with Crippen molar-refractivity contribution in [3.8, 4) is 17.2 Å². The van der Waals surface area contributed by atoms with Crippen LogP contribution in [0.4, 0.5) is 5.69 Å². The lowest BCUT2D eigenvalue weighted by atomic mass is 10.1. The molecular weight excluding hydrogens is 558 g/mol.